The third-order valence-corrected chi connectivity index (χ3v) is 4.11. The number of halogens is 2. The number of hydrazine groups is 1. The predicted molar refractivity (Wildman–Crippen MR) is 56.2 cm³/mol. The van der Waals surface area contributed by atoms with Crippen molar-refractivity contribution in [3.63, 3.8) is 0 Å². The Hall–Kier alpha value is -0.480. The number of carbonyl (C=O) groups excluding carboxylic acids is 2. The van der Waals surface area contributed by atoms with Gasteiger partial charge in [0.25, 0.3) is 0 Å². The van der Waals surface area contributed by atoms with Crippen LogP contribution in [0.2, 0.25) is 0 Å². The molecule has 0 heterocycles. The monoisotopic (exact) mass is 250 g/mol. The first-order valence-corrected chi connectivity index (χ1v) is 5.60. The third-order valence-electron chi connectivity index (χ3n) is 3.01. The van der Waals surface area contributed by atoms with Gasteiger partial charge >= 0.3 is 0 Å². The average Bonchev–Trinajstić information content (AvgIpc) is 3.00. The van der Waals surface area contributed by atoms with Crippen molar-refractivity contribution in [1.29, 1.82) is 0 Å². The number of hydrogen-bond donors (Lipinski definition) is 2. The highest BCUT2D eigenvalue weighted by molar-refractivity contribution is 6.53. The first-order valence-electron chi connectivity index (χ1n) is 4.85. The average molecular weight is 251 g/mol. The van der Waals surface area contributed by atoms with Gasteiger partial charge in [-0.1, -0.05) is 0 Å². The van der Waals surface area contributed by atoms with Crippen LogP contribution in [-0.2, 0) is 9.59 Å². The second-order valence-corrected chi connectivity index (χ2v) is 5.91. The molecule has 0 aromatic carbocycles. The third kappa shape index (κ3) is 1.93. The number of amides is 2. The molecule has 2 N–H and O–H groups in total. The van der Waals surface area contributed by atoms with Gasteiger partial charge in [0, 0.05) is 5.92 Å². The highest BCUT2D eigenvalue weighted by atomic mass is 35.5. The van der Waals surface area contributed by atoms with Crippen LogP contribution in [0.1, 0.15) is 26.2 Å². The summed E-state index contributed by atoms with van der Waals surface area (Å²) in [6.45, 7) is 1.67. The molecule has 0 unspecified atom stereocenters. The maximum Gasteiger partial charge on any atom is 0.247 e. The molecule has 0 aliphatic heterocycles. The van der Waals surface area contributed by atoms with Crippen molar-refractivity contribution in [3.8, 4) is 0 Å². The lowest BCUT2D eigenvalue weighted by Gasteiger charge is -2.12. The van der Waals surface area contributed by atoms with Crippen molar-refractivity contribution in [2.75, 3.05) is 0 Å². The van der Waals surface area contributed by atoms with Gasteiger partial charge < -0.3 is 0 Å². The largest absolute Gasteiger partial charge is 0.273 e. The highest BCUT2D eigenvalue weighted by Gasteiger charge is 2.68. The molecule has 4 nitrogen and oxygen atoms in total. The number of carbonyl (C=O) groups is 2. The first-order chi connectivity index (χ1) is 6.87. The Morgan fingerprint density at radius 3 is 2.20 bits per heavy atom. The number of alkyl halides is 2. The SMILES string of the molecule is C[C@]1(C(=O)NNC(=O)C2CC2)CC1(Cl)Cl. The van der Waals surface area contributed by atoms with E-state index in [2.05, 4.69) is 10.9 Å². The molecule has 2 aliphatic rings. The van der Waals surface area contributed by atoms with Crippen LogP contribution in [-0.4, -0.2) is 16.1 Å². The molecule has 84 valence electrons. The van der Waals surface area contributed by atoms with Gasteiger partial charge in [0.05, 0.1) is 5.41 Å². The minimum atomic E-state index is -0.999. The normalized spacial score (nSPS) is 31.9. The topological polar surface area (TPSA) is 58.2 Å². The number of hydrogen-bond acceptors (Lipinski definition) is 2. The van der Waals surface area contributed by atoms with Crippen LogP contribution in [0, 0.1) is 11.3 Å². The lowest BCUT2D eigenvalue weighted by Crippen LogP contribution is -2.46. The molecule has 2 aliphatic carbocycles. The lowest BCUT2D eigenvalue weighted by atomic mass is 10.1. The van der Waals surface area contributed by atoms with E-state index in [9.17, 15) is 9.59 Å². The van der Waals surface area contributed by atoms with E-state index in [1.54, 1.807) is 6.92 Å². The molecule has 0 radical (unpaired) electrons. The summed E-state index contributed by atoms with van der Waals surface area (Å²) in [4.78, 5) is 22.8. The number of nitrogens with one attached hydrogen (secondary N) is 2. The molecule has 0 aromatic heterocycles. The molecule has 2 fully saturated rings. The second-order valence-electron chi connectivity index (χ2n) is 4.43. The standard InChI is InChI=1S/C9H12Cl2N2O2/c1-8(4-9(8,10)11)7(15)13-12-6(14)5-2-3-5/h5H,2-4H2,1H3,(H,12,14)(H,13,15)/t8-/m1/s1. The van der Waals surface area contributed by atoms with Crippen molar-refractivity contribution in [1.82, 2.24) is 10.9 Å². The lowest BCUT2D eigenvalue weighted by molar-refractivity contribution is -0.132. The molecule has 0 aromatic rings. The summed E-state index contributed by atoms with van der Waals surface area (Å²) >= 11 is 11.7. The van der Waals surface area contributed by atoms with Crippen LogP contribution >= 0.6 is 23.2 Å². The van der Waals surface area contributed by atoms with Crippen LogP contribution in [0.5, 0.6) is 0 Å². The summed E-state index contributed by atoms with van der Waals surface area (Å²) in [7, 11) is 0. The maximum atomic E-state index is 11.6. The van der Waals surface area contributed by atoms with Crippen molar-refractivity contribution in [3.05, 3.63) is 0 Å². The minimum Gasteiger partial charge on any atom is -0.273 e. The van der Waals surface area contributed by atoms with E-state index in [-0.39, 0.29) is 17.7 Å². The summed E-state index contributed by atoms with van der Waals surface area (Å²) in [5.74, 6) is -0.405. The molecule has 2 amide bonds. The molecule has 2 saturated carbocycles. The van der Waals surface area contributed by atoms with Crippen LogP contribution in [0.15, 0.2) is 0 Å². The van der Waals surface area contributed by atoms with Crippen molar-refractivity contribution >= 4 is 35.0 Å². The maximum absolute atomic E-state index is 11.6. The molecule has 0 bridgehead atoms. The molecule has 15 heavy (non-hydrogen) atoms. The van der Waals surface area contributed by atoms with Gasteiger partial charge in [-0.2, -0.15) is 0 Å². The summed E-state index contributed by atoms with van der Waals surface area (Å²) in [6.07, 6.45) is 2.20. The van der Waals surface area contributed by atoms with Crippen molar-refractivity contribution in [2.45, 2.75) is 30.5 Å². The van der Waals surface area contributed by atoms with Gasteiger partial charge in [-0.25, -0.2) is 0 Å². The highest BCUT2D eigenvalue weighted by Crippen LogP contribution is 2.63. The van der Waals surface area contributed by atoms with Gasteiger partial charge in [0.1, 0.15) is 4.33 Å². The molecular formula is C9H12Cl2N2O2. The van der Waals surface area contributed by atoms with Gasteiger partial charge in [-0.05, 0) is 26.2 Å². The zero-order valence-corrected chi connectivity index (χ0v) is 9.78. The molecule has 0 spiro atoms. The summed E-state index contributed by atoms with van der Waals surface area (Å²) in [6, 6.07) is 0. The van der Waals surface area contributed by atoms with E-state index in [4.69, 9.17) is 23.2 Å². The van der Waals surface area contributed by atoms with E-state index < -0.39 is 9.75 Å². The van der Waals surface area contributed by atoms with E-state index in [0.717, 1.165) is 12.8 Å². The Balaban J connectivity index is 1.80. The van der Waals surface area contributed by atoms with Gasteiger partial charge in [0.2, 0.25) is 11.8 Å². The van der Waals surface area contributed by atoms with Gasteiger partial charge in [0.15, 0.2) is 0 Å². The minimum absolute atomic E-state index is 0.0640. The second kappa shape index (κ2) is 3.25. The van der Waals surface area contributed by atoms with Crippen LogP contribution in [0.4, 0.5) is 0 Å². The Labute approximate surface area is 97.6 Å². The van der Waals surface area contributed by atoms with Gasteiger partial charge in [-0.15, -0.1) is 23.2 Å². The molecule has 6 heteroatoms. The van der Waals surface area contributed by atoms with Gasteiger partial charge in [-0.3, -0.25) is 20.4 Å². The Morgan fingerprint density at radius 2 is 1.80 bits per heavy atom. The molecule has 2 rings (SSSR count). The van der Waals surface area contributed by atoms with E-state index in [1.165, 1.54) is 0 Å². The summed E-state index contributed by atoms with van der Waals surface area (Å²) in [5, 5.41) is 0. The number of rotatable bonds is 2. The van der Waals surface area contributed by atoms with E-state index in [0.29, 0.717) is 6.42 Å². The van der Waals surface area contributed by atoms with Crippen molar-refractivity contribution < 1.29 is 9.59 Å². The quantitative estimate of drug-likeness (QED) is 0.571. The fraction of sp³-hybridized carbons (Fsp3) is 0.778. The smallest absolute Gasteiger partial charge is 0.247 e. The zero-order chi connectivity index (χ0) is 11.3. The fourth-order valence-corrected chi connectivity index (χ4v) is 2.06. The van der Waals surface area contributed by atoms with Crippen molar-refractivity contribution in [2.24, 2.45) is 11.3 Å². The fourth-order valence-electron chi connectivity index (χ4n) is 1.35. The molecule has 1 atom stereocenters. The summed E-state index contributed by atoms with van der Waals surface area (Å²) in [5.41, 5.74) is 3.94. The molecular weight excluding hydrogens is 239 g/mol. The summed E-state index contributed by atoms with van der Waals surface area (Å²) < 4.78 is -0.999. The van der Waals surface area contributed by atoms with Crippen LogP contribution in [0.25, 0.3) is 0 Å². The Kier molecular flexibility index (Phi) is 2.39. The molecule has 0 saturated heterocycles. The zero-order valence-electron chi connectivity index (χ0n) is 8.27. The predicted octanol–water partition coefficient (Wildman–Crippen LogP) is 1.13. The van der Waals surface area contributed by atoms with Crippen LogP contribution < -0.4 is 10.9 Å². The Morgan fingerprint density at radius 1 is 1.27 bits per heavy atom. The van der Waals surface area contributed by atoms with E-state index in [1.807, 2.05) is 0 Å². The first kappa shape index (κ1) is 11.0. The Bertz CT molecular complexity index is 328. The van der Waals surface area contributed by atoms with E-state index >= 15 is 0 Å². The van der Waals surface area contributed by atoms with Crippen LogP contribution in [0.3, 0.4) is 0 Å².